The minimum Gasteiger partial charge on any atom is -0.353 e. The lowest BCUT2D eigenvalue weighted by atomic mass is 10.2. The van der Waals surface area contributed by atoms with E-state index in [9.17, 15) is 4.79 Å². The first kappa shape index (κ1) is 14.9. The van der Waals surface area contributed by atoms with E-state index in [1.54, 1.807) is 6.20 Å². The fourth-order valence-electron chi connectivity index (χ4n) is 2.52. The summed E-state index contributed by atoms with van der Waals surface area (Å²) in [5, 5.41) is 2.80. The van der Waals surface area contributed by atoms with Crippen LogP contribution >= 0.6 is 11.3 Å². The molecule has 6 nitrogen and oxygen atoms in total. The average molecular weight is 317 g/mol. The van der Waals surface area contributed by atoms with Gasteiger partial charge in [-0.1, -0.05) is 6.07 Å². The van der Waals surface area contributed by atoms with Crippen molar-refractivity contribution in [3.63, 3.8) is 0 Å². The third-order valence-corrected chi connectivity index (χ3v) is 4.63. The third kappa shape index (κ3) is 3.42. The standard InChI is InChI=1S/C15H19N5OS/c16-10-14-18-12(11-22-14)9-15(21)20-7-5-19(6-8-20)13-3-1-2-4-17-13/h1-4,11H,5-10,16H2. The van der Waals surface area contributed by atoms with Crippen LogP contribution in [-0.4, -0.2) is 47.0 Å². The Morgan fingerprint density at radius 1 is 1.27 bits per heavy atom. The second-order valence-electron chi connectivity index (χ2n) is 5.17. The number of aromatic nitrogens is 2. The van der Waals surface area contributed by atoms with E-state index in [0.717, 1.165) is 42.7 Å². The molecule has 3 rings (SSSR count). The lowest BCUT2D eigenvalue weighted by Gasteiger charge is -2.35. The predicted molar refractivity (Wildman–Crippen MR) is 86.7 cm³/mol. The number of hydrogen-bond acceptors (Lipinski definition) is 6. The maximum atomic E-state index is 12.3. The second-order valence-corrected chi connectivity index (χ2v) is 6.11. The lowest BCUT2D eigenvalue weighted by Crippen LogP contribution is -2.49. The van der Waals surface area contributed by atoms with Gasteiger partial charge in [-0.3, -0.25) is 4.79 Å². The van der Waals surface area contributed by atoms with Gasteiger partial charge in [-0.05, 0) is 12.1 Å². The first-order valence-corrected chi connectivity index (χ1v) is 8.21. The number of carbonyl (C=O) groups excluding carboxylic acids is 1. The van der Waals surface area contributed by atoms with Gasteiger partial charge in [-0.25, -0.2) is 9.97 Å². The fourth-order valence-corrected chi connectivity index (χ4v) is 3.19. The number of pyridine rings is 1. The van der Waals surface area contributed by atoms with Crippen molar-refractivity contribution in [1.82, 2.24) is 14.9 Å². The van der Waals surface area contributed by atoms with Crippen LogP contribution in [0.25, 0.3) is 0 Å². The molecule has 3 heterocycles. The van der Waals surface area contributed by atoms with E-state index in [0.29, 0.717) is 13.0 Å². The van der Waals surface area contributed by atoms with Crippen LogP contribution < -0.4 is 10.6 Å². The smallest absolute Gasteiger partial charge is 0.228 e. The Morgan fingerprint density at radius 2 is 2.09 bits per heavy atom. The van der Waals surface area contributed by atoms with Crippen molar-refractivity contribution in [2.45, 2.75) is 13.0 Å². The van der Waals surface area contributed by atoms with Crippen LogP contribution in [0.3, 0.4) is 0 Å². The molecular weight excluding hydrogens is 298 g/mol. The van der Waals surface area contributed by atoms with Crippen molar-refractivity contribution in [3.05, 3.63) is 40.5 Å². The SMILES string of the molecule is NCc1nc(CC(=O)N2CCN(c3ccccn3)CC2)cs1. The average Bonchev–Trinajstić information content (AvgIpc) is 3.03. The molecule has 0 bridgehead atoms. The van der Waals surface area contributed by atoms with Crippen molar-refractivity contribution in [2.24, 2.45) is 5.73 Å². The highest BCUT2D eigenvalue weighted by Gasteiger charge is 2.22. The number of nitrogens with two attached hydrogens (primary N) is 1. The van der Waals surface area contributed by atoms with E-state index < -0.39 is 0 Å². The Labute approximate surface area is 133 Å². The zero-order valence-electron chi connectivity index (χ0n) is 12.3. The van der Waals surface area contributed by atoms with E-state index in [1.165, 1.54) is 11.3 Å². The summed E-state index contributed by atoms with van der Waals surface area (Å²) in [6.45, 7) is 3.51. The molecule has 1 aliphatic heterocycles. The summed E-state index contributed by atoms with van der Waals surface area (Å²) < 4.78 is 0. The van der Waals surface area contributed by atoms with Crippen LogP contribution in [0, 0.1) is 0 Å². The highest BCUT2D eigenvalue weighted by Crippen LogP contribution is 2.14. The molecule has 0 aromatic carbocycles. The molecule has 0 atom stereocenters. The molecule has 0 radical (unpaired) electrons. The Kier molecular flexibility index (Phi) is 4.65. The number of nitrogens with zero attached hydrogens (tertiary/aromatic N) is 4. The predicted octanol–water partition coefficient (Wildman–Crippen LogP) is 0.888. The van der Waals surface area contributed by atoms with Gasteiger partial charge in [0.1, 0.15) is 10.8 Å². The molecule has 1 aliphatic rings. The van der Waals surface area contributed by atoms with Crippen LogP contribution in [0.5, 0.6) is 0 Å². The minimum absolute atomic E-state index is 0.134. The summed E-state index contributed by atoms with van der Waals surface area (Å²) in [5.41, 5.74) is 6.37. The summed E-state index contributed by atoms with van der Waals surface area (Å²) in [4.78, 5) is 25.2. The summed E-state index contributed by atoms with van der Waals surface area (Å²) in [6.07, 6.45) is 2.16. The number of anilines is 1. The summed E-state index contributed by atoms with van der Waals surface area (Å²) in [5.74, 6) is 1.11. The van der Waals surface area contributed by atoms with Gasteiger partial charge in [-0.15, -0.1) is 11.3 Å². The van der Waals surface area contributed by atoms with E-state index in [4.69, 9.17) is 5.73 Å². The maximum Gasteiger partial charge on any atom is 0.228 e. The second kappa shape index (κ2) is 6.85. The molecule has 0 aliphatic carbocycles. The van der Waals surface area contributed by atoms with Crippen molar-refractivity contribution in [3.8, 4) is 0 Å². The normalized spacial score (nSPS) is 15.1. The number of hydrogen-bond donors (Lipinski definition) is 1. The molecule has 2 N–H and O–H groups in total. The van der Waals surface area contributed by atoms with Gasteiger partial charge in [0.25, 0.3) is 0 Å². The van der Waals surface area contributed by atoms with Crippen molar-refractivity contribution >= 4 is 23.1 Å². The third-order valence-electron chi connectivity index (χ3n) is 3.71. The van der Waals surface area contributed by atoms with Gasteiger partial charge in [0.15, 0.2) is 0 Å². The molecule has 0 saturated carbocycles. The van der Waals surface area contributed by atoms with Crippen LogP contribution in [0.2, 0.25) is 0 Å². The molecule has 1 saturated heterocycles. The Balaban J connectivity index is 1.53. The van der Waals surface area contributed by atoms with E-state index >= 15 is 0 Å². The van der Waals surface area contributed by atoms with Crippen LogP contribution in [0.4, 0.5) is 5.82 Å². The molecule has 1 amide bonds. The van der Waals surface area contributed by atoms with Crippen LogP contribution in [0.1, 0.15) is 10.7 Å². The Hall–Kier alpha value is -1.99. The monoisotopic (exact) mass is 317 g/mol. The largest absolute Gasteiger partial charge is 0.353 e. The van der Waals surface area contributed by atoms with Crippen molar-refractivity contribution < 1.29 is 4.79 Å². The maximum absolute atomic E-state index is 12.3. The first-order chi connectivity index (χ1) is 10.8. The molecule has 7 heteroatoms. The summed E-state index contributed by atoms with van der Waals surface area (Å²) in [7, 11) is 0. The van der Waals surface area contributed by atoms with E-state index in [1.807, 2.05) is 28.5 Å². The number of amides is 1. The Bertz CT molecular complexity index is 622. The quantitative estimate of drug-likeness (QED) is 0.906. The zero-order chi connectivity index (χ0) is 15.4. The first-order valence-electron chi connectivity index (χ1n) is 7.33. The fraction of sp³-hybridized carbons (Fsp3) is 0.400. The van der Waals surface area contributed by atoms with Crippen molar-refractivity contribution in [2.75, 3.05) is 31.1 Å². The topological polar surface area (TPSA) is 75.3 Å². The van der Waals surface area contributed by atoms with E-state index in [-0.39, 0.29) is 5.91 Å². The number of piperazine rings is 1. The van der Waals surface area contributed by atoms with Gasteiger partial charge in [0.05, 0.1) is 12.1 Å². The minimum atomic E-state index is 0.134. The van der Waals surface area contributed by atoms with Crippen LogP contribution in [0.15, 0.2) is 29.8 Å². The van der Waals surface area contributed by atoms with Crippen molar-refractivity contribution in [1.29, 1.82) is 0 Å². The summed E-state index contributed by atoms with van der Waals surface area (Å²) in [6, 6.07) is 5.89. The number of rotatable bonds is 4. The van der Waals surface area contributed by atoms with E-state index in [2.05, 4.69) is 14.9 Å². The van der Waals surface area contributed by atoms with Gasteiger partial charge in [0.2, 0.25) is 5.91 Å². The number of thiazole rings is 1. The lowest BCUT2D eigenvalue weighted by molar-refractivity contribution is -0.130. The van der Waals surface area contributed by atoms with Gasteiger partial charge < -0.3 is 15.5 Å². The molecule has 116 valence electrons. The van der Waals surface area contributed by atoms with Crippen LogP contribution in [-0.2, 0) is 17.8 Å². The van der Waals surface area contributed by atoms with Gasteiger partial charge >= 0.3 is 0 Å². The Morgan fingerprint density at radius 3 is 2.73 bits per heavy atom. The molecule has 0 unspecified atom stereocenters. The number of carbonyl (C=O) groups is 1. The molecular formula is C15H19N5OS. The zero-order valence-corrected chi connectivity index (χ0v) is 13.1. The summed E-state index contributed by atoms with van der Waals surface area (Å²) >= 11 is 1.51. The molecule has 0 spiro atoms. The highest BCUT2D eigenvalue weighted by molar-refractivity contribution is 7.09. The van der Waals surface area contributed by atoms with Gasteiger partial charge in [-0.2, -0.15) is 0 Å². The highest BCUT2D eigenvalue weighted by atomic mass is 32.1. The molecule has 2 aromatic heterocycles. The molecule has 1 fully saturated rings. The van der Waals surface area contributed by atoms with Gasteiger partial charge in [0, 0.05) is 44.3 Å². The molecule has 2 aromatic rings. The molecule has 22 heavy (non-hydrogen) atoms.